The summed E-state index contributed by atoms with van der Waals surface area (Å²) >= 11 is 1.49. The van der Waals surface area contributed by atoms with Crippen LogP contribution in [0.3, 0.4) is 0 Å². The quantitative estimate of drug-likeness (QED) is 0.793. The zero-order valence-electron chi connectivity index (χ0n) is 15.9. The summed E-state index contributed by atoms with van der Waals surface area (Å²) in [5.74, 6) is 1.20. The summed E-state index contributed by atoms with van der Waals surface area (Å²) in [5.41, 5.74) is 9.63. The number of aryl methyl sites for hydroxylation is 2. The van der Waals surface area contributed by atoms with Gasteiger partial charge in [-0.3, -0.25) is 4.79 Å². The standard InChI is InChI=1S/C21H29N3OS/c1-13-9-14(2)12-24(11-13)21(25)19-18(22)16-10-15-7-5-3-4-6-8-17(15)23-20(16)26-19/h10,13-14H,3-9,11-12,22H2,1-2H3. The molecule has 1 amide bonds. The van der Waals surface area contributed by atoms with Gasteiger partial charge in [0.15, 0.2) is 0 Å². The first kappa shape index (κ1) is 17.8. The highest BCUT2D eigenvalue weighted by molar-refractivity contribution is 7.21. The van der Waals surface area contributed by atoms with Crippen LogP contribution in [0.4, 0.5) is 5.69 Å². The topological polar surface area (TPSA) is 59.2 Å². The van der Waals surface area contributed by atoms with E-state index in [1.54, 1.807) is 0 Å². The Morgan fingerprint density at radius 3 is 2.58 bits per heavy atom. The number of fused-ring (bicyclic) bond motifs is 2. The smallest absolute Gasteiger partial charge is 0.266 e. The van der Waals surface area contributed by atoms with Crippen molar-refractivity contribution in [2.75, 3.05) is 18.8 Å². The van der Waals surface area contributed by atoms with Gasteiger partial charge >= 0.3 is 0 Å². The third-order valence-corrected chi connectivity index (χ3v) is 6.95. The fraction of sp³-hybridized carbons (Fsp3) is 0.619. The number of likely N-dealkylation sites (tertiary alicyclic amines) is 1. The van der Waals surface area contributed by atoms with Crippen LogP contribution in [0.15, 0.2) is 6.07 Å². The monoisotopic (exact) mass is 371 g/mol. The highest BCUT2D eigenvalue weighted by Crippen LogP contribution is 2.36. The average molecular weight is 372 g/mol. The van der Waals surface area contributed by atoms with E-state index in [2.05, 4.69) is 19.9 Å². The first-order valence-electron chi connectivity index (χ1n) is 10.0. The van der Waals surface area contributed by atoms with Crippen LogP contribution in [-0.4, -0.2) is 28.9 Å². The molecule has 2 aromatic rings. The summed E-state index contributed by atoms with van der Waals surface area (Å²) in [6, 6.07) is 2.22. The maximum Gasteiger partial charge on any atom is 0.266 e. The van der Waals surface area contributed by atoms with Gasteiger partial charge in [-0.15, -0.1) is 11.3 Å². The molecule has 2 atom stereocenters. The maximum absolute atomic E-state index is 13.1. The predicted octanol–water partition coefficient (Wildman–Crippen LogP) is 4.66. The van der Waals surface area contributed by atoms with Crippen molar-refractivity contribution in [2.24, 2.45) is 11.8 Å². The van der Waals surface area contributed by atoms with Crippen LogP contribution < -0.4 is 5.73 Å². The molecule has 0 bridgehead atoms. The first-order valence-corrected chi connectivity index (χ1v) is 10.8. The van der Waals surface area contributed by atoms with Gasteiger partial charge < -0.3 is 10.6 Å². The molecule has 0 radical (unpaired) electrons. The van der Waals surface area contributed by atoms with Gasteiger partial charge in [0.2, 0.25) is 0 Å². The molecule has 0 saturated carbocycles. The predicted molar refractivity (Wildman–Crippen MR) is 109 cm³/mol. The van der Waals surface area contributed by atoms with E-state index in [1.807, 2.05) is 4.90 Å². The lowest BCUT2D eigenvalue weighted by Crippen LogP contribution is -2.42. The Hall–Kier alpha value is -1.62. The van der Waals surface area contributed by atoms with Gasteiger partial charge in [0.25, 0.3) is 5.91 Å². The largest absolute Gasteiger partial charge is 0.397 e. The van der Waals surface area contributed by atoms with Gasteiger partial charge in [0.05, 0.1) is 5.69 Å². The van der Waals surface area contributed by atoms with Gasteiger partial charge in [-0.05, 0) is 55.6 Å². The molecule has 1 saturated heterocycles. The van der Waals surface area contributed by atoms with Gasteiger partial charge in [-0.2, -0.15) is 0 Å². The number of nitrogens with two attached hydrogens (primary N) is 1. The van der Waals surface area contributed by atoms with Crippen LogP contribution in [-0.2, 0) is 12.8 Å². The van der Waals surface area contributed by atoms with E-state index in [0.717, 1.165) is 36.1 Å². The Kier molecular flexibility index (Phi) is 4.91. The lowest BCUT2D eigenvalue weighted by Gasteiger charge is -2.34. The van der Waals surface area contributed by atoms with Crippen LogP contribution in [0.2, 0.25) is 0 Å². The molecule has 1 aliphatic heterocycles. The molecule has 4 rings (SSSR count). The molecule has 3 heterocycles. The molecule has 2 aromatic heterocycles. The molecule has 1 aliphatic carbocycles. The molecule has 5 heteroatoms. The molecule has 0 aromatic carbocycles. The number of nitrogens with zero attached hydrogens (tertiary/aromatic N) is 2. The second-order valence-electron chi connectivity index (χ2n) is 8.36. The highest BCUT2D eigenvalue weighted by atomic mass is 32.1. The Labute approximate surface area is 159 Å². The number of thiophene rings is 1. The van der Waals surface area contributed by atoms with Gasteiger partial charge in [-0.25, -0.2) is 4.98 Å². The summed E-state index contributed by atoms with van der Waals surface area (Å²) in [5, 5.41) is 0.982. The Balaban J connectivity index is 1.69. The Morgan fingerprint density at radius 1 is 1.15 bits per heavy atom. The lowest BCUT2D eigenvalue weighted by molar-refractivity contribution is 0.0629. The number of carbonyl (C=O) groups excluding carboxylic acids is 1. The van der Waals surface area contributed by atoms with E-state index < -0.39 is 0 Å². The SMILES string of the molecule is CC1CC(C)CN(C(=O)c2sc3nc4c(cc3c2N)CCCCCC4)C1. The molecule has 2 aliphatic rings. The normalized spacial score (nSPS) is 24.2. The van der Waals surface area contributed by atoms with Crippen molar-refractivity contribution in [3.8, 4) is 0 Å². The van der Waals surface area contributed by atoms with E-state index in [1.165, 1.54) is 54.7 Å². The van der Waals surface area contributed by atoms with Crippen LogP contribution in [0, 0.1) is 11.8 Å². The van der Waals surface area contributed by atoms with Crippen molar-refractivity contribution >= 4 is 33.1 Å². The van der Waals surface area contributed by atoms with E-state index in [0.29, 0.717) is 22.4 Å². The number of rotatable bonds is 1. The zero-order chi connectivity index (χ0) is 18.3. The number of hydrogen-bond acceptors (Lipinski definition) is 4. The first-order chi connectivity index (χ1) is 12.5. The van der Waals surface area contributed by atoms with Crippen molar-refractivity contribution in [1.82, 2.24) is 9.88 Å². The molecule has 2 unspecified atom stereocenters. The molecule has 140 valence electrons. The summed E-state index contributed by atoms with van der Waals surface area (Å²) < 4.78 is 0. The number of amides is 1. The van der Waals surface area contributed by atoms with Crippen molar-refractivity contribution in [3.05, 3.63) is 22.2 Å². The zero-order valence-corrected chi connectivity index (χ0v) is 16.7. The van der Waals surface area contributed by atoms with Crippen molar-refractivity contribution in [3.63, 3.8) is 0 Å². The number of carbonyl (C=O) groups is 1. The number of nitrogen functional groups attached to an aromatic ring is 1. The van der Waals surface area contributed by atoms with Crippen LogP contribution in [0.25, 0.3) is 10.2 Å². The number of piperidine rings is 1. The fourth-order valence-electron chi connectivity index (χ4n) is 4.64. The van der Waals surface area contributed by atoms with Crippen LogP contribution >= 0.6 is 11.3 Å². The second-order valence-corrected chi connectivity index (χ2v) is 9.36. The average Bonchev–Trinajstić information content (AvgIpc) is 2.89. The number of anilines is 1. The molecule has 0 spiro atoms. The summed E-state index contributed by atoms with van der Waals surface area (Å²) in [7, 11) is 0. The molecule has 4 nitrogen and oxygen atoms in total. The van der Waals surface area contributed by atoms with Gasteiger partial charge in [-0.1, -0.05) is 26.7 Å². The molecular formula is C21H29N3OS. The molecule has 1 fully saturated rings. The molecular weight excluding hydrogens is 342 g/mol. The second kappa shape index (κ2) is 7.18. The van der Waals surface area contributed by atoms with Crippen molar-refractivity contribution in [2.45, 2.75) is 58.8 Å². The minimum atomic E-state index is 0.0938. The van der Waals surface area contributed by atoms with E-state index in [-0.39, 0.29) is 5.91 Å². The maximum atomic E-state index is 13.1. The van der Waals surface area contributed by atoms with E-state index >= 15 is 0 Å². The van der Waals surface area contributed by atoms with E-state index in [4.69, 9.17) is 10.7 Å². The number of aromatic nitrogens is 1. The minimum absolute atomic E-state index is 0.0938. The minimum Gasteiger partial charge on any atom is -0.397 e. The fourth-order valence-corrected chi connectivity index (χ4v) is 5.71. The van der Waals surface area contributed by atoms with Gasteiger partial charge in [0, 0.05) is 24.2 Å². The van der Waals surface area contributed by atoms with Crippen molar-refractivity contribution in [1.29, 1.82) is 0 Å². The number of hydrogen-bond donors (Lipinski definition) is 1. The summed E-state index contributed by atoms with van der Waals surface area (Å²) in [4.78, 5) is 21.7. The molecule has 2 N–H and O–H groups in total. The highest BCUT2D eigenvalue weighted by Gasteiger charge is 2.29. The van der Waals surface area contributed by atoms with Crippen LogP contribution in [0.1, 0.15) is 66.9 Å². The van der Waals surface area contributed by atoms with Crippen molar-refractivity contribution < 1.29 is 4.79 Å². The lowest BCUT2D eigenvalue weighted by atomic mass is 9.92. The third kappa shape index (κ3) is 3.34. The van der Waals surface area contributed by atoms with E-state index in [9.17, 15) is 4.79 Å². The number of pyridine rings is 1. The Morgan fingerprint density at radius 2 is 1.85 bits per heavy atom. The third-order valence-electron chi connectivity index (χ3n) is 5.85. The molecule has 26 heavy (non-hydrogen) atoms. The van der Waals surface area contributed by atoms with Crippen LogP contribution in [0.5, 0.6) is 0 Å². The summed E-state index contributed by atoms with van der Waals surface area (Å²) in [6.07, 6.45) is 8.35. The summed E-state index contributed by atoms with van der Waals surface area (Å²) in [6.45, 7) is 6.12. The Bertz CT molecular complexity index is 818. The van der Waals surface area contributed by atoms with Gasteiger partial charge in [0.1, 0.15) is 9.71 Å².